The molecule has 1 aromatic carbocycles. The molecule has 8 nitrogen and oxygen atoms in total. The van der Waals surface area contributed by atoms with Crippen molar-refractivity contribution in [3.8, 4) is 22.4 Å². The van der Waals surface area contributed by atoms with Gasteiger partial charge in [-0.15, -0.1) is 0 Å². The van der Waals surface area contributed by atoms with Crippen molar-refractivity contribution in [3.05, 3.63) is 78.0 Å². The molecule has 5 rings (SSSR count). The lowest BCUT2D eigenvalue weighted by Gasteiger charge is -2.24. The van der Waals surface area contributed by atoms with E-state index >= 15 is 0 Å². The number of fused-ring (bicyclic) bond motifs is 1. The number of nitrogens with zero attached hydrogens (tertiary/aromatic N) is 5. The van der Waals surface area contributed by atoms with Crippen molar-refractivity contribution < 1.29 is 13.9 Å². The van der Waals surface area contributed by atoms with E-state index in [1.807, 2.05) is 30.8 Å². The fraction of sp³-hybridized carbons (Fsp3) is 0.200. The molecule has 1 atom stereocenters. The van der Waals surface area contributed by atoms with Gasteiger partial charge in [-0.2, -0.15) is 5.10 Å². The summed E-state index contributed by atoms with van der Waals surface area (Å²) < 4.78 is 30.2. The van der Waals surface area contributed by atoms with Gasteiger partial charge in [-0.1, -0.05) is 12.1 Å². The third-order valence-corrected chi connectivity index (χ3v) is 5.99. The molecule has 35 heavy (non-hydrogen) atoms. The molecule has 0 saturated carbocycles. The number of rotatable bonds is 5. The molecular formula is C25H23F2N7O. The van der Waals surface area contributed by atoms with E-state index in [0.29, 0.717) is 16.9 Å². The predicted octanol–water partition coefficient (Wildman–Crippen LogP) is 4.58. The van der Waals surface area contributed by atoms with E-state index in [1.165, 1.54) is 25.1 Å². The highest BCUT2D eigenvalue weighted by Gasteiger charge is 2.32. The molecule has 178 valence electrons. The highest BCUT2D eigenvalue weighted by molar-refractivity contribution is 5.95. The van der Waals surface area contributed by atoms with Crippen LogP contribution >= 0.6 is 0 Å². The van der Waals surface area contributed by atoms with Crippen molar-refractivity contribution in [2.75, 3.05) is 5.73 Å². The van der Waals surface area contributed by atoms with E-state index in [4.69, 9.17) is 5.73 Å². The first-order chi connectivity index (χ1) is 16.6. The van der Waals surface area contributed by atoms with E-state index in [-0.39, 0.29) is 23.2 Å². The fourth-order valence-electron chi connectivity index (χ4n) is 4.01. The number of nitrogens with two attached hydrogens (primary N) is 1. The van der Waals surface area contributed by atoms with Crippen LogP contribution in [0.5, 0.6) is 0 Å². The van der Waals surface area contributed by atoms with Gasteiger partial charge < -0.3 is 15.8 Å². The molecule has 0 amide bonds. The third kappa shape index (κ3) is 3.91. The zero-order valence-electron chi connectivity index (χ0n) is 19.3. The number of aliphatic hydroxyl groups is 1. The van der Waals surface area contributed by atoms with Crippen LogP contribution in [0.15, 0.2) is 55.1 Å². The largest absolute Gasteiger partial charge is 0.379 e. The molecular weight excluding hydrogens is 452 g/mol. The molecule has 1 unspecified atom stereocenters. The molecule has 0 spiro atoms. The van der Waals surface area contributed by atoms with Crippen molar-refractivity contribution in [2.45, 2.75) is 32.4 Å². The van der Waals surface area contributed by atoms with Crippen molar-refractivity contribution in [1.29, 1.82) is 0 Å². The number of benzene rings is 1. The molecule has 10 heteroatoms. The molecule has 0 fully saturated rings. The maximum atomic E-state index is 14.5. The Balaban J connectivity index is 1.62. The lowest BCUT2D eigenvalue weighted by molar-refractivity contribution is 0.0923. The molecule has 0 radical (unpaired) electrons. The van der Waals surface area contributed by atoms with Crippen molar-refractivity contribution in [1.82, 2.24) is 29.7 Å². The normalized spacial score (nSPS) is 13.5. The van der Waals surface area contributed by atoms with Crippen LogP contribution < -0.4 is 5.73 Å². The number of aromatic nitrogens is 6. The van der Waals surface area contributed by atoms with E-state index in [1.54, 1.807) is 18.6 Å². The maximum absolute atomic E-state index is 14.5. The van der Waals surface area contributed by atoms with Crippen molar-refractivity contribution in [3.63, 3.8) is 0 Å². The van der Waals surface area contributed by atoms with Gasteiger partial charge in [0.2, 0.25) is 5.95 Å². The zero-order chi connectivity index (χ0) is 24.9. The summed E-state index contributed by atoms with van der Waals surface area (Å²) in [7, 11) is 0. The smallest absolute Gasteiger partial charge is 0.220 e. The highest BCUT2D eigenvalue weighted by Crippen LogP contribution is 2.35. The van der Waals surface area contributed by atoms with Gasteiger partial charge in [0.1, 0.15) is 11.2 Å². The summed E-state index contributed by atoms with van der Waals surface area (Å²) in [4.78, 5) is 16.1. The van der Waals surface area contributed by atoms with Crippen LogP contribution in [-0.2, 0) is 5.60 Å². The first-order valence-corrected chi connectivity index (χ1v) is 11.0. The number of nitrogens with one attached hydrogen (secondary N) is 1. The van der Waals surface area contributed by atoms with Gasteiger partial charge in [-0.25, -0.2) is 23.7 Å². The average molecular weight is 476 g/mol. The molecule has 0 aliphatic carbocycles. The molecule has 0 aliphatic rings. The lowest BCUT2D eigenvalue weighted by Crippen LogP contribution is -2.27. The van der Waals surface area contributed by atoms with Gasteiger partial charge in [-0.05, 0) is 39.0 Å². The van der Waals surface area contributed by atoms with Gasteiger partial charge in [-0.3, -0.25) is 4.68 Å². The van der Waals surface area contributed by atoms with E-state index in [0.717, 1.165) is 22.6 Å². The minimum absolute atomic E-state index is 0.0289. The number of pyridine rings is 1. The minimum Gasteiger partial charge on any atom is -0.379 e. The van der Waals surface area contributed by atoms with Crippen molar-refractivity contribution >= 4 is 17.0 Å². The molecule has 0 aliphatic heterocycles. The van der Waals surface area contributed by atoms with Crippen LogP contribution in [0.1, 0.15) is 38.1 Å². The van der Waals surface area contributed by atoms with E-state index < -0.39 is 17.2 Å². The van der Waals surface area contributed by atoms with Gasteiger partial charge >= 0.3 is 0 Å². The van der Waals surface area contributed by atoms with Gasteiger partial charge in [0, 0.05) is 52.3 Å². The number of hydrogen-bond acceptors (Lipinski definition) is 6. The van der Waals surface area contributed by atoms with Crippen LogP contribution in [0.3, 0.4) is 0 Å². The monoisotopic (exact) mass is 475 g/mol. The van der Waals surface area contributed by atoms with E-state index in [2.05, 4.69) is 25.0 Å². The topological polar surface area (TPSA) is 119 Å². The summed E-state index contributed by atoms with van der Waals surface area (Å²) in [6, 6.07) is 7.29. The Labute approximate surface area is 199 Å². The minimum atomic E-state index is -1.96. The first kappa shape index (κ1) is 22.6. The Kier molecular flexibility index (Phi) is 5.32. The SMILES string of the molecule is CC(C)n1cc(-c2cnc3[nH]cc(-c4cc(C(C)(O)c5cccc(F)c5F)nc(N)n4)c3c2)cn1. The van der Waals surface area contributed by atoms with Crippen LogP contribution in [0.25, 0.3) is 33.4 Å². The second kappa shape index (κ2) is 8.24. The average Bonchev–Trinajstić information content (AvgIpc) is 3.47. The molecule has 0 bridgehead atoms. The van der Waals surface area contributed by atoms with Crippen molar-refractivity contribution in [2.24, 2.45) is 0 Å². The summed E-state index contributed by atoms with van der Waals surface area (Å²) in [6.07, 6.45) is 7.20. The Morgan fingerprint density at radius 2 is 1.91 bits per heavy atom. The summed E-state index contributed by atoms with van der Waals surface area (Å²) in [5, 5.41) is 16.3. The summed E-state index contributed by atoms with van der Waals surface area (Å²) in [5.41, 5.74) is 7.24. The number of halogens is 2. The van der Waals surface area contributed by atoms with Crippen LogP contribution in [-0.4, -0.2) is 34.8 Å². The molecule has 4 N–H and O–H groups in total. The number of anilines is 1. The summed E-state index contributed by atoms with van der Waals surface area (Å²) >= 11 is 0. The maximum Gasteiger partial charge on any atom is 0.220 e. The summed E-state index contributed by atoms with van der Waals surface area (Å²) in [6.45, 7) is 5.42. The lowest BCUT2D eigenvalue weighted by atomic mass is 9.90. The third-order valence-electron chi connectivity index (χ3n) is 5.99. The fourth-order valence-corrected chi connectivity index (χ4v) is 4.01. The number of nitrogen functional groups attached to an aromatic ring is 1. The van der Waals surface area contributed by atoms with Gasteiger partial charge in [0.05, 0.1) is 17.6 Å². The highest BCUT2D eigenvalue weighted by atomic mass is 19.2. The van der Waals surface area contributed by atoms with Crippen LogP contribution in [0, 0.1) is 11.6 Å². The molecule has 4 heterocycles. The Morgan fingerprint density at radius 1 is 1.11 bits per heavy atom. The second-order valence-corrected chi connectivity index (χ2v) is 8.80. The zero-order valence-corrected chi connectivity index (χ0v) is 19.3. The standard InChI is InChI=1S/C25H23F2N7O/c1-13(2)34-12-15(10-31-34)14-7-16-17(11-30-23(16)29-9-14)20-8-21(33-24(28)32-20)25(3,35)18-5-4-6-19(26)22(18)27/h4-13,35H,1-3H3,(H,29,30)(H2,28,32,33). The molecule has 4 aromatic heterocycles. The van der Waals surface area contributed by atoms with Gasteiger partial charge in [0.15, 0.2) is 11.6 Å². The molecule has 5 aromatic rings. The Bertz CT molecular complexity index is 1560. The Hall–Kier alpha value is -4.18. The number of hydrogen-bond donors (Lipinski definition) is 3. The van der Waals surface area contributed by atoms with Crippen LogP contribution in [0.2, 0.25) is 0 Å². The van der Waals surface area contributed by atoms with Gasteiger partial charge in [0.25, 0.3) is 0 Å². The first-order valence-electron chi connectivity index (χ1n) is 11.0. The van der Waals surface area contributed by atoms with E-state index in [9.17, 15) is 13.9 Å². The predicted molar refractivity (Wildman–Crippen MR) is 128 cm³/mol. The number of aromatic amines is 1. The van der Waals surface area contributed by atoms with Crippen LogP contribution in [0.4, 0.5) is 14.7 Å². The second-order valence-electron chi connectivity index (χ2n) is 8.80. The number of H-pyrrole nitrogens is 1. The Morgan fingerprint density at radius 3 is 2.66 bits per heavy atom. The quantitative estimate of drug-likeness (QED) is 0.342. The molecule has 0 saturated heterocycles. The summed E-state index contributed by atoms with van der Waals surface area (Å²) in [5.74, 6) is -2.34.